The molecule has 0 bridgehead atoms. The molecular formula is C26H28N6O4. The van der Waals surface area contributed by atoms with Crippen molar-refractivity contribution in [1.82, 2.24) is 19.9 Å². The average molecular weight is 489 g/mol. The van der Waals surface area contributed by atoms with E-state index in [1.807, 2.05) is 12.3 Å². The lowest BCUT2D eigenvalue weighted by atomic mass is 9.53. The lowest BCUT2D eigenvalue weighted by molar-refractivity contribution is -0.127. The number of carbonyl (C=O) groups excluding carboxylic acids is 2. The maximum absolute atomic E-state index is 13.0. The van der Waals surface area contributed by atoms with Gasteiger partial charge in [-0.1, -0.05) is 0 Å². The lowest BCUT2D eigenvalue weighted by Crippen LogP contribution is -2.66. The van der Waals surface area contributed by atoms with Crippen molar-refractivity contribution >= 4 is 23.0 Å². The van der Waals surface area contributed by atoms with Gasteiger partial charge in [0, 0.05) is 25.3 Å². The van der Waals surface area contributed by atoms with Crippen LogP contribution in [0.5, 0.6) is 5.88 Å². The normalized spacial score (nSPS) is 27.6. The molecule has 10 nitrogen and oxygen atoms in total. The number of aromatic nitrogens is 3. The van der Waals surface area contributed by atoms with E-state index >= 15 is 0 Å². The van der Waals surface area contributed by atoms with Crippen molar-refractivity contribution < 1.29 is 19.1 Å². The van der Waals surface area contributed by atoms with Gasteiger partial charge in [-0.25, -0.2) is 9.50 Å². The molecule has 0 unspecified atom stereocenters. The Morgan fingerprint density at radius 3 is 2.61 bits per heavy atom. The molecule has 2 saturated carbocycles. The van der Waals surface area contributed by atoms with E-state index in [9.17, 15) is 9.59 Å². The summed E-state index contributed by atoms with van der Waals surface area (Å²) in [4.78, 5) is 31.1. The Kier molecular flexibility index (Phi) is 4.60. The van der Waals surface area contributed by atoms with Gasteiger partial charge in [0.1, 0.15) is 11.7 Å². The summed E-state index contributed by atoms with van der Waals surface area (Å²) in [6, 6.07) is 7.49. The van der Waals surface area contributed by atoms with E-state index in [4.69, 9.17) is 15.2 Å². The van der Waals surface area contributed by atoms with Crippen molar-refractivity contribution in [2.75, 3.05) is 31.2 Å². The molecule has 186 valence electrons. The largest absolute Gasteiger partial charge is 0.474 e. The van der Waals surface area contributed by atoms with Gasteiger partial charge in [0.15, 0.2) is 0 Å². The van der Waals surface area contributed by atoms with E-state index in [0.29, 0.717) is 22.4 Å². The highest BCUT2D eigenvalue weighted by molar-refractivity contribution is 6.01. The Morgan fingerprint density at radius 2 is 1.89 bits per heavy atom. The summed E-state index contributed by atoms with van der Waals surface area (Å²) < 4.78 is 13.1. The molecule has 0 aromatic carbocycles. The molecule has 2 aliphatic heterocycles. The molecule has 7 rings (SSSR count). The van der Waals surface area contributed by atoms with Crippen LogP contribution in [0.2, 0.25) is 0 Å². The molecule has 5 heterocycles. The highest BCUT2D eigenvalue weighted by atomic mass is 16.5. The molecule has 4 fully saturated rings. The lowest BCUT2D eigenvalue weighted by Gasteiger charge is -2.57. The number of hydrogen-bond donors (Lipinski definition) is 2. The second kappa shape index (κ2) is 7.67. The van der Waals surface area contributed by atoms with E-state index in [2.05, 4.69) is 26.4 Å². The number of rotatable bonds is 6. The Balaban J connectivity index is 0.930. The number of nitrogens with one attached hydrogen (secondary N) is 1. The summed E-state index contributed by atoms with van der Waals surface area (Å²) >= 11 is 0. The van der Waals surface area contributed by atoms with Crippen LogP contribution in [-0.4, -0.2) is 64.9 Å². The van der Waals surface area contributed by atoms with Gasteiger partial charge in [-0.2, -0.15) is 5.10 Å². The zero-order valence-electron chi connectivity index (χ0n) is 19.9. The van der Waals surface area contributed by atoms with Crippen molar-refractivity contribution in [3.63, 3.8) is 0 Å². The second-order valence-electron chi connectivity index (χ2n) is 11.1. The molecule has 0 radical (unpaired) electrons. The molecule has 3 aromatic heterocycles. The Hall–Kier alpha value is -3.66. The van der Waals surface area contributed by atoms with Gasteiger partial charge in [0.05, 0.1) is 47.8 Å². The number of amides is 2. The smallest absolute Gasteiger partial charge is 0.255 e. The summed E-state index contributed by atoms with van der Waals surface area (Å²) in [6.07, 6.45) is 8.88. The SMILES string of the molecule is NC(=O)c1cccnc1OC1CC2(CC(NC(=O)c3cnn4cc(N5CC6(COC6)C5)ccc34)C2)C1. The molecule has 2 aliphatic carbocycles. The first-order valence-corrected chi connectivity index (χ1v) is 12.4. The van der Waals surface area contributed by atoms with Crippen LogP contribution in [0.4, 0.5) is 5.69 Å². The topological polar surface area (TPSA) is 124 Å². The van der Waals surface area contributed by atoms with Gasteiger partial charge < -0.3 is 25.4 Å². The zero-order chi connectivity index (χ0) is 24.5. The highest BCUT2D eigenvalue weighted by Crippen LogP contribution is 2.56. The Morgan fingerprint density at radius 1 is 1.08 bits per heavy atom. The van der Waals surface area contributed by atoms with Crippen LogP contribution in [0.3, 0.4) is 0 Å². The van der Waals surface area contributed by atoms with E-state index in [-0.39, 0.29) is 23.5 Å². The number of nitrogens with two attached hydrogens (primary N) is 1. The average Bonchev–Trinajstić information content (AvgIpc) is 3.18. The summed E-state index contributed by atoms with van der Waals surface area (Å²) in [5.41, 5.74) is 8.79. The third kappa shape index (κ3) is 3.42. The highest BCUT2D eigenvalue weighted by Gasteiger charge is 2.54. The molecule has 36 heavy (non-hydrogen) atoms. The minimum absolute atomic E-state index is 0.0153. The van der Waals surface area contributed by atoms with Gasteiger partial charge in [0.25, 0.3) is 11.8 Å². The number of anilines is 1. The maximum atomic E-state index is 13.0. The van der Waals surface area contributed by atoms with Crippen LogP contribution in [-0.2, 0) is 4.74 Å². The third-order valence-corrected chi connectivity index (χ3v) is 8.31. The molecule has 0 atom stereocenters. The van der Waals surface area contributed by atoms with Crippen molar-refractivity contribution in [2.24, 2.45) is 16.6 Å². The third-order valence-electron chi connectivity index (χ3n) is 8.31. The van der Waals surface area contributed by atoms with Crippen LogP contribution < -0.4 is 20.7 Å². The minimum Gasteiger partial charge on any atom is -0.474 e. The molecule has 2 saturated heterocycles. The standard InChI is InChI=1S/C26H28N6O4/c27-22(33)19-2-1-5-28-24(19)36-18-8-25(9-18)6-16(7-25)30-23(34)20-10-29-32-11-17(3-4-21(20)32)31-12-26(13-31)14-35-15-26/h1-5,10-11,16,18H,6-9,12-15H2,(H2,27,33)(H,30,34). The van der Waals surface area contributed by atoms with E-state index in [1.165, 1.54) is 0 Å². The molecule has 2 spiro atoms. The number of ether oxygens (including phenoxy) is 2. The van der Waals surface area contributed by atoms with Crippen LogP contribution in [0, 0.1) is 10.8 Å². The number of pyridine rings is 2. The zero-order valence-corrected chi connectivity index (χ0v) is 19.9. The molecule has 3 aromatic rings. The van der Waals surface area contributed by atoms with Gasteiger partial charge >= 0.3 is 0 Å². The fourth-order valence-corrected chi connectivity index (χ4v) is 6.36. The predicted octanol–water partition coefficient (Wildman–Crippen LogP) is 1.78. The summed E-state index contributed by atoms with van der Waals surface area (Å²) in [6.45, 7) is 3.73. The molecule has 10 heteroatoms. The van der Waals surface area contributed by atoms with Crippen molar-refractivity contribution in [3.05, 3.63) is 54.0 Å². The van der Waals surface area contributed by atoms with Crippen molar-refractivity contribution in [3.8, 4) is 5.88 Å². The quantitative estimate of drug-likeness (QED) is 0.542. The van der Waals surface area contributed by atoms with Gasteiger partial charge in [-0.3, -0.25) is 9.59 Å². The molecule has 4 aliphatic rings. The Bertz CT molecular complexity index is 1360. The van der Waals surface area contributed by atoms with Crippen LogP contribution in [0.25, 0.3) is 5.52 Å². The van der Waals surface area contributed by atoms with Crippen molar-refractivity contribution in [1.29, 1.82) is 0 Å². The number of carbonyl (C=O) groups is 2. The van der Waals surface area contributed by atoms with Crippen molar-refractivity contribution in [2.45, 2.75) is 37.8 Å². The van der Waals surface area contributed by atoms with Crippen LogP contribution >= 0.6 is 0 Å². The molecular weight excluding hydrogens is 460 g/mol. The molecule has 3 N–H and O–H groups in total. The second-order valence-corrected chi connectivity index (χ2v) is 11.1. The minimum atomic E-state index is -0.542. The fourth-order valence-electron chi connectivity index (χ4n) is 6.36. The summed E-state index contributed by atoms with van der Waals surface area (Å²) in [7, 11) is 0. The first kappa shape index (κ1) is 21.6. The van der Waals surface area contributed by atoms with E-state index in [1.54, 1.807) is 29.0 Å². The number of nitrogens with zero attached hydrogens (tertiary/aromatic N) is 4. The predicted molar refractivity (Wildman–Crippen MR) is 130 cm³/mol. The van der Waals surface area contributed by atoms with Crippen LogP contribution in [0.1, 0.15) is 46.4 Å². The molecule has 2 amide bonds. The first-order chi connectivity index (χ1) is 17.4. The first-order valence-electron chi connectivity index (χ1n) is 12.4. The number of primary amides is 1. The van der Waals surface area contributed by atoms with Crippen LogP contribution in [0.15, 0.2) is 42.9 Å². The summed E-state index contributed by atoms with van der Waals surface area (Å²) in [5.74, 6) is -0.324. The maximum Gasteiger partial charge on any atom is 0.255 e. The van der Waals surface area contributed by atoms with E-state index < -0.39 is 5.91 Å². The number of hydrogen-bond acceptors (Lipinski definition) is 7. The number of fused-ring (bicyclic) bond motifs is 1. The van der Waals surface area contributed by atoms with Gasteiger partial charge in [-0.15, -0.1) is 0 Å². The summed E-state index contributed by atoms with van der Waals surface area (Å²) in [5, 5.41) is 7.61. The Labute approximate surface area is 207 Å². The van der Waals surface area contributed by atoms with Gasteiger partial charge in [-0.05, 0) is 55.4 Å². The monoisotopic (exact) mass is 488 g/mol. The van der Waals surface area contributed by atoms with E-state index in [0.717, 1.165) is 63.2 Å². The van der Waals surface area contributed by atoms with Gasteiger partial charge in [0.2, 0.25) is 5.88 Å². The fraction of sp³-hybridized carbons (Fsp3) is 0.462.